The molecule has 1 amide bonds. The number of carbonyl (C=O) groups excluding carboxylic acids is 1. The summed E-state index contributed by atoms with van der Waals surface area (Å²) < 4.78 is 1.68. The number of carbonyl (C=O) groups is 1. The van der Waals surface area contributed by atoms with Crippen LogP contribution in [0.25, 0.3) is 0 Å². The van der Waals surface area contributed by atoms with Crippen molar-refractivity contribution in [2.24, 2.45) is 18.7 Å². The number of hydrogen-bond donors (Lipinski definition) is 1. The molecule has 5 heteroatoms. The maximum Gasteiger partial charge on any atom is 0.257 e. The predicted molar refractivity (Wildman–Crippen MR) is 65.6 cm³/mol. The van der Waals surface area contributed by atoms with E-state index >= 15 is 0 Å². The van der Waals surface area contributed by atoms with Crippen LogP contribution in [0.15, 0.2) is 6.20 Å². The normalized spacial score (nSPS) is 24.4. The topological polar surface area (TPSA) is 64.2 Å². The summed E-state index contributed by atoms with van der Waals surface area (Å²) in [7, 11) is 1.83. The van der Waals surface area contributed by atoms with Gasteiger partial charge in [0, 0.05) is 32.4 Å². The fraction of sp³-hybridized carbons (Fsp3) is 0.667. The molecule has 0 radical (unpaired) electrons. The monoisotopic (exact) mass is 236 g/mol. The molecule has 1 aliphatic heterocycles. The van der Waals surface area contributed by atoms with Crippen LogP contribution in [0, 0.1) is 12.8 Å². The molecule has 94 valence electrons. The minimum atomic E-state index is 0.0652. The highest BCUT2D eigenvalue weighted by Gasteiger charge is 2.34. The van der Waals surface area contributed by atoms with Gasteiger partial charge in [0.05, 0.1) is 11.3 Å². The molecular weight excluding hydrogens is 216 g/mol. The summed E-state index contributed by atoms with van der Waals surface area (Å²) in [5.41, 5.74) is 7.24. The molecule has 17 heavy (non-hydrogen) atoms. The summed E-state index contributed by atoms with van der Waals surface area (Å²) in [6.07, 6.45) is 2.82. The Bertz CT molecular complexity index is 426. The van der Waals surface area contributed by atoms with E-state index in [-0.39, 0.29) is 11.9 Å². The molecule has 0 bridgehead atoms. The molecular formula is C12H20N4O. The van der Waals surface area contributed by atoms with Gasteiger partial charge in [-0.25, -0.2) is 0 Å². The first-order chi connectivity index (χ1) is 8.04. The first-order valence-corrected chi connectivity index (χ1v) is 6.06. The van der Waals surface area contributed by atoms with E-state index in [2.05, 4.69) is 12.0 Å². The van der Waals surface area contributed by atoms with Gasteiger partial charge in [-0.05, 0) is 19.3 Å². The Morgan fingerprint density at radius 2 is 2.35 bits per heavy atom. The average Bonchev–Trinajstić information content (AvgIpc) is 2.80. The van der Waals surface area contributed by atoms with Crippen molar-refractivity contribution in [1.82, 2.24) is 14.7 Å². The van der Waals surface area contributed by atoms with E-state index < -0.39 is 0 Å². The third-order valence-corrected chi connectivity index (χ3v) is 3.63. The first kappa shape index (κ1) is 12.1. The molecule has 2 heterocycles. The lowest BCUT2D eigenvalue weighted by molar-refractivity contribution is 0.0726. The van der Waals surface area contributed by atoms with Gasteiger partial charge in [0.1, 0.15) is 0 Å². The molecule has 2 atom stereocenters. The van der Waals surface area contributed by atoms with Gasteiger partial charge in [0.15, 0.2) is 0 Å². The van der Waals surface area contributed by atoms with Gasteiger partial charge < -0.3 is 10.6 Å². The molecule has 0 spiro atoms. The minimum absolute atomic E-state index is 0.0652. The Hall–Kier alpha value is -1.36. The number of amides is 1. The smallest absolute Gasteiger partial charge is 0.257 e. The Labute approximate surface area is 102 Å². The highest BCUT2D eigenvalue weighted by Crippen LogP contribution is 2.25. The zero-order valence-corrected chi connectivity index (χ0v) is 10.7. The summed E-state index contributed by atoms with van der Waals surface area (Å²) in [6.45, 7) is 5.35. The van der Waals surface area contributed by atoms with Crippen LogP contribution in [0.2, 0.25) is 0 Å². The Balaban J connectivity index is 2.23. The fourth-order valence-electron chi connectivity index (χ4n) is 2.58. The van der Waals surface area contributed by atoms with Crippen molar-refractivity contribution in [2.75, 3.05) is 13.1 Å². The van der Waals surface area contributed by atoms with Crippen molar-refractivity contribution in [3.63, 3.8) is 0 Å². The van der Waals surface area contributed by atoms with E-state index in [1.165, 1.54) is 0 Å². The predicted octanol–water partition coefficient (Wildman–Crippen LogP) is 0.538. The number of likely N-dealkylation sites (tertiary alicyclic amines) is 1. The molecule has 0 saturated carbocycles. The van der Waals surface area contributed by atoms with Gasteiger partial charge in [-0.2, -0.15) is 5.10 Å². The molecule has 1 aromatic heterocycles. The van der Waals surface area contributed by atoms with Crippen molar-refractivity contribution in [2.45, 2.75) is 26.3 Å². The van der Waals surface area contributed by atoms with Crippen molar-refractivity contribution in [3.05, 3.63) is 17.5 Å². The number of rotatable bonds is 2. The van der Waals surface area contributed by atoms with Crippen LogP contribution in [-0.4, -0.2) is 39.7 Å². The van der Waals surface area contributed by atoms with E-state index in [1.807, 2.05) is 18.9 Å². The Morgan fingerprint density at radius 1 is 1.65 bits per heavy atom. The Kier molecular flexibility index (Phi) is 3.19. The van der Waals surface area contributed by atoms with Crippen LogP contribution in [0.1, 0.15) is 29.4 Å². The van der Waals surface area contributed by atoms with E-state index in [1.54, 1.807) is 10.9 Å². The summed E-state index contributed by atoms with van der Waals surface area (Å²) in [5, 5.41) is 4.21. The first-order valence-electron chi connectivity index (χ1n) is 6.06. The quantitative estimate of drug-likeness (QED) is 0.815. The molecule has 2 rings (SSSR count). The van der Waals surface area contributed by atoms with Crippen LogP contribution >= 0.6 is 0 Å². The molecule has 0 aliphatic carbocycles. The second kappa shape index (κ2) is 4.49. The zero-order valence-electron chi connectivity index (χ0n) is 10.7. The second-order valence-electron chi connectivity index (χ2n) is 4.87. The average molecular weight is 236 g/mol. The molecule has 1 aromatic rings. The van der Waals surface area contributed by atoms with Gasteiger partial charge >= 0.3 is 0 Å². The van der Waals surface area contributed by atoms with Gasteiger partial charge in [0.2, 0.25) is 0 Å². The number of nitrogens with zero attached hydrogens (tertiary/aromatic N) is 3. The third kappa shape index (κ3) is 2.07. The summed E-state index contributed by atoms with van der Waals surface area (Å²) in [5.74, 6) is 0.552. The van der Waals surface area contributed by atoms with Crippen LogP contribution in [0.3, 0.4) is 0 Å². The molecule has 1 aliphatic rings. The van der Waals surface area contributed by atoms with E-state index in [4.69, 9.17) is 5.73 Å². The zero-order chi connectivity index (χ0) is 12.6. The van der Waals surface area contributed by atoms with Gasteiger partial charge in [-0.1, -0.05) is 6.92 Å². The molecule has 2 N–H and O–H groups in total. The van der Waals surface area contributed by atoms with Crippen LogP contribution < -0.4 is 5.73 Å². The van der Waals surface area contributed by atoms with Gasteiger partial charge in [-0.15, -0.1) is 0 Å². The SMILES string of the molecule is Cc1nn(C)cc1C(=O)N1CCC(C)C1CN. The van der Waals surface area contributed by atoms with Crippen molar-refractivity contribution in [3.8, 4) is 0 Å². The summed E-state index contributed by atoms with van der Waals surface area (Å²) in [4.78, 5) is 14.3. The van der Waals surface area contributed by atoms with Crippen molar-refractivity contribution >= 4 is 5.91 Å². The molecule has 5 nitrogen and oxygen atoms in total. The lowest BCUT2D eigenvalue weighted by Crippen LogP contribution is -2.42. The van der Waals surface area contributed by atoms with E-state index in [9.17, 15) is 4.79 Å². The van der Waals surface area contributed by atoms with Crippen LogP contribution in [0.5, 0.6) is 0 Å². The molecule has 1 fully saturated rings. The number of hydrogen-bond acceptors (Lipinski definition) is 3. The maximum absolute atomic E-state index is 12.4. The molecule has 0 aromatic carbocycles. The number of nitrogens with two attached hydrogens (primary N) is 1. The maximum atomic E-state index is 12.4. The lowest BCUT2D eigenvalue weighted by atomic mass is 10.0. The lowest BCUT2D eigenvalue weighted by Gasteiger charge is -2.25. The van der Waals surface area contributed by atoms with Crippen molar-refractivity contribution < 1.29 is 4.79 Å². The molecule has 2 unspecified atom stereocenters. The Morgan fingerprint density at radius 3 is 2.88 bits per heavy atom. The second-order valence-corrected chi connectivity index (χ2v) is 4.87. The van der Waals surface area contributed by atoms with Crippen molar-refractivity contribution in [1.29, 1.82) is 0 Å². The summed E-state index contributed by atoms with van der Waals surface area (Å²) >= 11 is 0. The molecule has 1 saturated heterocycles. The standard InChI is InChI=1S/C12H20N4O/c1-8-4-5-16(11(8)6-13)12(17)10-7-15(3)14-9(10)2/h7-8,11H,4-6,13H2,1-3H3. The number of aryl methyl sites for hydroxylation is 2. The third-order valence-electron chi connectivity index (χ3n) is 3.63. The highest BCUT2D eigenvalue weighted by atomic mass is 16.2. The minimum Gasteiger partial charge on any atom is -0.334 e. The van der Waals surface area contributed by atoms with Crippen LogP contribution in [-0.2, 0) is 7.05 Å². The van der Waals surface area contributed by atoms with Gasteiger partial charge in [0.25, 0.3) is 5.91 Å². The van der Waals surface area contributed by atoms with Gasteiger partial charge in [-0.3, -0.25) is 9.48 Å². The van der Waals surface area contributed by atoms with Crippen LogP contribution in [0.4, 0.5) is 0 Å². The van der Waals surface area contributed by atoms with E-state index in [0.717, 1.165) is 18.7 Å². The largest absolute Gasteiger partial charge is 0.334 e. The summed E-state index contributed by atoms with van der Waals surface area (Å²) in [6, 6.07) is 0.169. The van der Waals surface area contributed by atoms with E-state index in [0.29, 0.717) is 18.0 Å². The number of aromatic nitrogens is 2. The highest BCUT2D eigenvalue weighted by molar-refractivity contribution is 5.95. The fourth-order valence-corrected chi connectivity index (χ4v) is 2.58.